The molecule has 0 aliphatic carbocycles. The van der Waals surface area contributed by atoms with Crippen molar-refractivity contribution in [3.63, 3.8) is 0 Å². The Morgan fingerprint density at radius 1 is 1.27 bits per heavy atom. The lowest BCUT2D eigenvalue weighted by Gasteiger charge is -2.25. The second-order valence-electron chi connectivity index (χ2n) is 6.14. The molecule has 0 bridgehead atoms. The maximum absolute atomic E-state index is 12.5. The zero-order valence-corrected chi connectivity index (χ0v) is 14.2. The Kier molecular flexibility index (Phi) is 4.93. The number of ether oxygens (including phenoxy) is 1. The third-order valence-electron chi connectivity index (χ3n) is 4.66. The molecule has 3 rings (SSSR count). The molecule has 120 valence electrons. The Hall–Kier alpha value is -1.20. The Balaban J connectivity index is 1.70. The summed E-state index contributed by atoms with van der Waals surface area (Å²) in [5.74, 6) is 1.14. The van der Waals surface area contributed by atoms with Crippen LogP contribution in [0, 0.1) is 0 Å². The van der Waals surface area contributed by atoms with Gasteiger partial charge in [-0.25, -0.2) is 0 Å². The van der Waals surface area contributed by atoms with E-state index in [4.69, 9.17) is 4.74 Å². The molecule has 2 atom stereocenters. The predicted octanol–water partition coefficient (Wildman–Crippen LogP) is 1.34. The number of hydrogen-bond donors (Lipinski definition) is 1. The van der Waals surface area contributed by atoms with Crippen molar-refractivity contribution in [2.24, 2.45) is 0 Å². The van der Waals surface area contributed by atoms with Crippen LogP contribution in [0.1, 0.15) is 30.7 Å². The number of hydrogen-bond acceptors (Lipinski definition) is 3. The molecule has 1 N–H and O–H groups in total. The van der Waals surface area contributed by atoms with Crippen LogP contribution in [0.3, 0.4) is 0 Å². The number of carbonyl (C=O) groups excluding carboxylic acids is 1. The zero-order valence-electron chi connectivity index (χ0n) is 13.4. The molecular weight excluding hydrogens is 296 g/mol. The minimum absolute atomic E-state index is 0.0562. The van der Waals surface area contributed by atoms with Crippen molar-refractivity contribution < 1.29 is 14.4 Å². The first kappa shape index (κ1) is 15.7. The molecule has 1 aromatic rings. The molecule has 2 aliphatic rings. The van der Waals surface area contributed by atoms with Gasteiger partial charge in [-0.3, -0.25) is 4.79 Å². The molecule has 1 amide bonds. The SMILES string of the molecule is COc1ccc([C@@H]2S[C@@H](C)C(=O)N2CC[NH+]2CCCC2)cc1. The minimum Gasteiger partial charge on any atom is -0.497 e. The van der Waals surface area contributed by atoms with Gasteiger partial charge in [-0.15, -0.1) is 11.8 Å². The first-order chi connectivity index (χ1) is 10.7. The molecule has 0 aromatic heterocycles. The molecule has 2 saturated heterocycles. The summed E-state index contributed by atoms with van der Waals surface area (Å²) in [4.78, 5) is 16.2. The van der Waals surface area contributed by atoms with Crippen molar-refractivity contribution in [2.45, 2.75) is 30.4 Å². The second-order valence-corrected chi connectivity index (χ2v) is 7.57. The van der Waals surface area contributed by atoms with Crippen LogP contribution < -0.4 is 9.64 Å². The number of nitrogens with zero attached hydrogens (tertiary/aromatic N) is 1. The lowest BCUT2D eigenvalue weighted by Crippen LogP contribution is -3.10. The highest BCUT2D eigenvalue weighted by Gasteiger charge is 2.38. The molecule has 5 heteroatoms. The van der Waals surface area contributed by atoms with Gasteiger partial charge in [0, 0.05) is 12.8 Å². The van der Waals surface area contributed by atoms with Crippen molar-refractivity contribution in [3.05, 3.63) is 29.8 Å². The average Bonchev–Trinajstić information content (AvgIpc) is 3.15. The minimum atomic E-state index is 0.0562. The summed E-state index contributed by atoms with van der Waals surface area (Å²) in [6.07, 6.45) is 2.66. The van der Waals surface area contributed by atoms with Crippen LogP contribution in [0.4, 0.5) is 0 Å². The van der Waals surface area contributed by atoms with Crippen molar-refractivity contribution in [1.29, 1.82) is 0 Å². The van der Waals surface area contributed by atoms with Gasteiger partial charge in [0.2, 0.25) is 5.91 Å². The van der Waals surface area contributed by atoms with Gasteiger partial charge in [-0.2, -0.15) is 0 Å². The van der Waals surface area contributed by atoms with E-state index < -0.39 is 0 Å². The number of rotatable bonds is 5. The van der Waals surface area contributed by atoms with Crippen LogP contribution >= 0.6 is 11.8 Å². The molecule has 1 aromatic carbocycles. The van der Waals surface area contributed by atoms with Crippen molar-refractivity contribution in [2.75, 3.05) is 33.3 Å². The highest BCUT2D eigenvalue weighted by atomic mass is 32.2. The fraction of sp³-hybridized carbons (Fsp3) is 0.588. The molecule has 2 aliphatic heterocycles. The van der Waals surface area contributed by atoms with E-state index in [0.717, 1.165) is 18.8 Å². The standard InChI is InChI=1S/C17H24N2O2S/c1-13-16(20)19(12-11-18-9-3-4-10-18)17(22-13)14-5-7-15(21-2)8-6-14/h5-8,13,17H,3-4,9-12H2,1-2H3/p+1/t13-,17-/m0/s1. The van der Waals surface area contributed by atoms with Gasteiger partial charge in [0.25, 0.3) is 0 Å². The van der Waals surface area contributed by atoms with Gasteiger partial charge in [0.05, 0.1) is 38.5 Å². The third-order valence-corrected chi connectivity index (χ3v) is 6.06. The van der Waals surface area contributed by atoms with Crippen LogP contribution in [0.15, 0.2) is 24.3 Å². The van der Waals surface area contributed by atoms with Gasteiger partial charge in [-0.1, -0.05) is 12.1 Å². The number of thioether (sulfide) groups is 1. The van der Waals surface area contributed by atoms with E-state index in [1.54, 1.807) is 23.8 Å². The van der Waals surface area contributed by atoms with E-state index in [-0.39, 0.29) is 16.5 Å². The van der Waals surface area contributed by atoms with Gasteiger partial charge in [0.1, 0.15) is 11.1 Å². The summed E-state index contributed by atoms with van der Waals surface area (Å²) < 4.78 is 5.23. The van der Waals surface area contributed by atoms with Crippen LogP contribution in [0.2, 0.25) is 0 Å². The van der Waals surface area contributed by atoms with E-state index in [2.05, 4.69) is 17.0 Å². The lowest BCUT2D eigenvalue weighted by atomic mass is 10.2. The monoisotopic (exact) mass is 321 g/mol. The normalized spacial score (nSPS) is 25.9. The molecule has 0 saturated carbocycles. The predicted molar refractivity (Wildman–Crippen MR) is 89.3 cm³/mol. The number of nitrogens with one attached hydrogen (secondary N) is 1. The number of methoxy groups -OCH3 is 1. The molecular formula is C17H25N2O2S+. The highest BCUT2D eigenvalue weighted by molar-refractivity contribution is 8.01. The number of amides is 1. The smallest absolute Gasteiger partial charge is 0.236 e. The van der Waals surface area contributed by atoms with Crippen LogP contribution in [-0.2, 0) is 4.79 Å². The third kappa shape index (κ3) is 3.25. The maximum atomic E-state index is 12.5. The number of benzene rings is 1. The summed E-state index contributed by atoms with van der Waals surface area (Å²) >= 11 is 1.76. The van der Waals surface area contributed by atoms with E-state index in [9.17, 15) is 4.79 Å². The quantitative estimate of drug-likeness (QED) is 0.888. The van der Waals surface area contributed by atoms with Crippen molar-refractivity contribution in [3.8, 4) is 5.75 Å². The number of quaternary nitrogens is 1. The van der Waals surface area contributed by atoms with Crippen molar-refractivity contribution in [1.82, 2.24) is 4.90 Å². The van der Waals surface area contributed by atoms with Gasteiger partial charge in [-0.05, 0) is 24.6 Å². The van der Waals surface area contributed by atoms with E-state index in [1.165, 1.54) is 31.5 Å². The molecule has 2 heterocycles. The molecule has 0 radical (unpaired) electrons. The van der Waals surface area contributed by atoms with Gasteiger partial charge < -0.3 is 14.5 Å². The topological polar surface area (TPSA) is 34.0 Å². The molecule has 0 spiro atoms. The summed E-state index contributed by atoms with van der Waals surface area (Å²) in [6, 6.07) is 8.12. The fourth-order valence-corrected chi connectivity index (χ4v) is 4.64. The van der Waals surface area contributed by atoms with Gasteiger partial charge >= 0.3 is 0 Å². The Morgan fingerprint density at radius 3 is 2.59 bits per heavy atom. The first-order valence-corrected chi connectivity index (χ1v) is 9.07. The van der Waals surface area contributed by atoms with Crippen molar-refractivity contribution >= 4 is 17.7 Å². The fourth-order valence-electron chi connectivity index (χ4n) is 3.33. The van der Waals surface area contributed by atoms with E-state index in [0.29, 0.717) is 0 Å². The highest BCUT2D eigenvalue weighted by Crippen LogP contribution is 2.42. The maximum Gasteiger partial charge on any atom is 0.236 e. The Bertz CT molecular complexity index is 514. The molecule has 22 heavy (non-hydrogen) atoms. The summed E-state index contributed by atoms with van der Waals surface area (Å²) in [5.41, 5.74) is 1.19. The number of likely N-dealkylation sites (tertiary alicyclic amines) is 1. The van der Waals surface area contributed by atoms with Crippen LogP contribution in [0.25, 0.3) is 0 Å². The molecule has 2 fully saturated rings. The van der Waals surface area contributed by atoms with Crippen LogP contribution in [-0.4, -0.2) is 49.3 Å². The largest absolute Gasteiger partial charge is 0.497 e. The average molecular weight is 321 g/mol. The van der Waals surface area contributed by atoms with Crippen LogP contribution in [0.5, 0.6) is 5.75 Å². The summed E-state index contributed by atoms with van der Waals surface area (Å²) in [5, 5.41) is 0.205. The summed E-state index contributed by atoms with van der Waals surface area (Å²) in [6.45, 7) is 6.48. The Labute approximate surface area is 136 Å². The van der Waals surface area contributed by atoms with E-state index >= 15 is 0 Å². The summed E-state index contributed by atoms with van der Waals surface area (Å²) in [7, 11) is 1.68. The lowest BCUT2D eigenvalue weighted by molar-refractivity contribution is -0.886. The number of carbonyl (C=O) groups is 1. The van der Waals surface area contributed by atoms with E-state index in [1.807, 2.05) is 19.1 Å². The zero-order chi connectivity index (χ0) is 15.5. The second kappa shape index (κ2) is 6.92. The molecule has 0 unspecified atom stereocenters. The Morgan fingerprint density at radius 2 is 1.95 bits per heavy atom. The first-order valence-electron chi connectivity index (χ1n) is 8.12. The molecule has 4 nitrogen and oxygen atoms in total. The van der Waals surface area contributed by atoms with Gasteiger partial charge in [0.15, 0.2) is 0 Å².